The van der Waals surface area contributed by atoms with Gasteiger partial charge in [-0.15, -0.1) is 0 Å². The van der Waals surface area contributed by atoms with Crippen molar-refractivity contribution in [3.05, 3.63) is 96.1 Å². The van der Waals surface area contributed by atoms with Crippen LogP contribution >= 0.6 is 0 Å². The Morgan fingerprint density at radius 3 is 2.47 bits per heavy atom. The van der Waals surface area contributed by atoms with Gasteiger partial charge in [0.25, 0.3) is 10.0 Å². The van der Waals surface area contributed by atoms with Gasteiger partial charge in [-0.05, 0) is 60.7 Å². The number of amides is 2. The lowest BCUT2D eigenvalue weighted by Gasteiger charge is -2.19. The third kappa shape index (κ3) is 6.13. The number of aliphatic hydroxyl groups excluding tert-OH is 1. The summed E-state index contributed by atoms with van der Waals surface area (Å²) in [5.74, 6) is -0.309. The standard InChI is InChI=1S/C35H34FN5O5S/c1-21(2)13-25-17-40(18-32(25)43)35(44)39-30-15-26(36)14-28(22(30)3)33-29-16-31(24-11-9-23(19-42)10-12-24)41(34(29)38-20-37-33)47(45,46)27-7-5-4-6-8-27/h4-12,14-16,19-21,25,32,43H,13,17-18H2,1-3H3,(H,39,44)/t25-,32-/m0/s1. The van der Waals surface area contributed by atoms with Gasteiger partial charge in [0.15, 0.2) is 5.65 Å². The van der Waals surface area contributed by atoms with Gasteiger partial charge in [-0.3, -0.25) is 4.79 Å². The summed E-state index contributed by atoms with van der Waals surface area (Å²) in [7, 11) is -4.18. The number of aldehydes is 1. The second-order valence-electron chi connectivity index (χ2n) is 12.2. The van der Waals surface area contributed by atoms with Gasteiger partial charge in [0.2, 0.25) is 0 Å². The van der Waals surface area contributed by atoms with Crippen molar-refractivity contribution in [2.24, 2.45) is 11.8 Å². The number of carbonyl (C=O) groups excluding carboxylic acids is 2. The van der Waals surface area contributed by atoms with E-state index in [1.165, 1.54) is 35.5 Å². The van der Waals surface area contributed by atoms with E-state index in [0.717, 1.165) is 10.4 Å². The second-order valence-corrected chi connectivity index (χ2v) is 14.0. The lowest BCUT2D eigenvalue weighted by Crippen LogP contribution is -2.34. The number of nitrogens with one attached hydrogen (secondary N) is 1. The number of aromatic nitrogens is 3. The van der Waals surface area contributed by atoms with Crippen molar-refractivity contribution in [3.8, 4) is 22.5 Å². The topological polar surface area (TPSA) is 134 Å². The minimum Gasteiger partial charge on any atom is -0.391 e. The molecule has 3 heterocycles. The summed E-state index contributed by atoms with van der Waals surface area (Å²) in [4.78, 5) is 35.0. The summed E-state index contributed by atoms with van der Waals surface area (Å²) < 4.78 is 44.6. The molecule has 0 saturated carbocycles. The Hall–Kier alpha value is -4.94. The SMILES string of the molecule is Cc1c(NC(=O)N2C[C@H](CC(C)C)[C@@H](O)C2)cc(F)cc1-c1ncnc2c1cc(-c1ccc(C=O)cc1)n2S(=O)(=O)c1ccccc1. The summed E-state index contributed by atoms with van der Waals surface area (Å²) in [6.45, 7) is 6.41. The molecule has 5 aromatic rings. The Bertz CT molecular complexity index is 2080. The van der Waals surface area contributed by atoms with Gasteiger partial charge in [-0.25, -0.2) is 31.5 Å². The van der Waals surface area contributed by atoms with E-state index in [9.17, 15) is 23.1 Å². The maximum Gasteiger partial charge on any atom is 0.321 e. The van der Waals surface area contributed by atoms with Crippen LogP contribution in [0, 0.1) is 24.6 Å². The summed E-state index contributed by atoms with van der Waals surface area (Å²) in [6.07, 6.45) is 2.06. The Morgan fingerprint density at radius 2 is 1.79 bits per heavy atom. The molecule has 2 atom stereocenters. The van der Waals surface area contributed by atoms with Crippen LogP contribution in [0.5, 0.6) is 0 Å². The largest absolute Gasteiger partial charge is 0.391 e. The molecule has 1 aliphatic rings. The van der Waals surface area contributed by atoms with E-state index in [1.807, 2.05) is 0 Å². The van der Waals surface area contributed by atoms with Crippen molar-refractivity contribution in [3.63, 3.8) is 0 Å². The van der Waals surface area contributed by atoms with Gasteiger partial charge in [0.05, 0.1) is 22.4 Å². The molecule has 1 fully saturated rings. The molecular weight excluding hydrogens is 621 g/mol. The molecule has 0 radical (unpaired) electrons. The number of β-amino-alcohol motifs (C(OH)–C–C–N with tert-alkyl or cyclic N) is 1. The Balaban J connectivity index is 1.46. The van der Waals surface area contributed by atoms with Crippen LogP contribution in [0.3, 0.4) is 0 Å². The summed E-state index contributed by atoms with van der Waals surface area (Å²) in [5.41, 5.74) is 2.61. The molecule has 6 rings (SSSR count). The van der Waals surface area contributed by atoms with Crippen molar-refractivity contribution >= 4 is 39.1 Å². The highest BCUT2D eigenvalue weighted by molar-refractivity contribution is 7.90. The van der Waals surface area contributed by atoms with Crippen molar-refractivity contribution in [2.75, 3.05) is 18.4 Å². The fourth-order valence-electron chi connectivity index (χ4n) is 6.19. The number of urea groups is 1. The number of anilines is 1. The van der Waals surface area contributed by atoms with E-state index in [2.05, 4.69) is 29.1 Å². The highest BCUT2D eigenvalue weighted by atomic mass is 32.2. The maximum atomic E-state index is 15.2. The molecule has 0 bridgehead atoms. The van der Waals surface area contributed by atoms with Crippen molar-refractivity contribution in [2.45, 2.75) is 38.2 Å². The molecule has 12 heteroatoms. The fraction of sp³-hybridized carbons (Fsp3) is 0.257. The first-order valence-electron chi connectivity index (χ1n) is 15.2. The van der Waals surface area contributed by atoms with Crippen LogP contribution in [0.25, 0.3) is 33.5 Å². The third-order valence-electron chi connectivity index (χ3n) is 8.52. The van der Waals surface area contributed by atoms with Gasteiger partial charge in [-0.1, -0.05) is 56.3 Å². The van der Waals surface area contributed by atoms with Crippen LogP contribution in [0.2, 0.25) is 0 Å². The number of hydrogen-bond donors (Lipinski definition) is 2. The number of halogens is 1. The molecular formula is C35H34FN5O5S. The quantitative estimate of drug-likeness (QED) is 0.192. The van der Waals surface area contributed by atoms with Crippen molar-refractivity contribution < 1.29 is 27.5 Å². The molecule has 0 unspecified atom stereocenters. The number of hydrogen-bond acceptors (Lipinski definition) is 7. The predicted molar refractivity (Wildman–Crippen MR) is 177 cm³/mol. The zero-order valence-electron chi connectivity index (χ0n) is 26.1. The number of aliphatic hydroxyl groups is 1. The molecule has 1 aliphatic heterocycles. The molecule has 0 aliphatic carbocycles. The number of carbonyl (C=O) groups is 2. The van der Waals surface area contributed by atoms with E-state index in [4.69, 9.17) is 0 Å². The summed E-state index contributed by atoms with van der Waals surface area (Å²) in [6, 6.07) is 18.1. The molecule has 2 N–H and O–H groups in total. The zero-order valence-corrected chi connectivity index (χ0v) is 26.9. The number of benzene rings is 3. The van der Waals surface area contributed by atoms with Gasteiger partial charge < -0.3 is 15.3 Å². The smallest absolute Gasteiger partial charge is 0.321 e. The van der Waals surface area contributed by atoms with Crippen molar-refractivity contribution in [1.29, 1.82) is 0 Å². The van der Waals surface area contributed by atoms with Crippen molar-refractivity contribution in [1.82, 2.24) is 18.8 Å². The zero-order chi connectivity index (χ0) is 33.5. The molecule has 47 heavy (non-hydrogen) atoms. The van der Waals surface area contributed by atoms with Gasteiger partial charge in [0, 0.05) is 41.2 Å². The summed E-state index contributed by atoms with van der Waals surface area (Å²) >= 11 is 0. The first-order valence-corrected chi connectivity index (χ1v) is 16.7. The number of rotatable bonds is 8. The van der Waals surface area contributed by atoms with Crippen LogP contribution in [0.1, 0.15) is 36.2 Å². The average Bonchev–Trinajstić information content (AvgIpc) is 3.63. The highest BCUT2D eigenvalue weighted by Gasteiger charge is 2.34. The molecule has 0 spiro atoms. The van der Waals surface area contributed by atoms with Crippen LogP contribution in [0.4, 0.5) is 14.9 Å². The number of fused-ring (bicyclic) bond motifs is 1. The Morgan fingerprint density at radius 1 is 1.06 bits per heavy atom. The fourth-order valence-corrected chi connectivity index (χ4v) is 7.69. The molecule has 10 nitrogen and oxygen atoms in total. The van der Waals surface area contributed by atoms with E-state index in [0.29, 0.717) is 46.4 Å². The maximum absolute atomic E-state index is 15.2. The summed E-state index contributed by atoms with van der Waals surface area (Å²) in [5, 5.41) is 13.7. The first-order chi connectivity index (χ1) is 22.5. The van der Waals surface area contributed by atoms with Crippen LogP contribution < -0.4 is 5.32 Å². The number of nitrogens with zero attached hydrogens (tertiary/aromatic N) is 4. The van der Waals surface area contributed by atoms with Crippen LogP contribution in [-0.2, 0) is 10.0 Å². The van der Waals surface area contributed by atoms with E-state index < -0.39 is 28.0 Å². The van der Waals surface area contributed by atoms with E-state index in [-0.39, 0.29) is 40.1 Å². The minimum atomic E-state index is -4.18. The second kappa shape index (κ2) is 12.7. The van der Waals surface area contributed by atoms with Gasteiger partial charge in [-0.2, -0.15) is 0 Å². The predicted octanol–water partition coefficient (Wildman–Crippen LogP) is 6.13. The highest BCUT2D eigenvalue weighted by Crippen LogP contribution is 2.38. The monoisotopic (exact) mass is 655 g/mol. The number of likely N-dealkylation sites (tertiary alicyclic amines) is 1. The normalized spacial score (nSPS) is 16.6. The van der Waals surface area contributed by atoms with E-state index in [1.54, 1.807) is 55.5 Å². The molecule has 2 aromatic heterocycles. The Kier molecular flexibility index (Phi) is 8.64. The lowest BCUT2D eigenvalue weighted by atomic mass is 9.95. The Labute approximate surface area is 272 Å². The van der Waals surface area contributed by atoms with Crippen LogP contribution in [0.15, 0.2) is 84.0 Å². The van der Waals surface area contributed by atoms with E-state index >= 15 is 4.39 Å². The van der Waals surface area contributed by atoms with Gasteiger partial charge in [0.1, 0.15) is 18.4 Å². The third-order valence-corrected chi connectivity index (χ3v) is 10.2. The molecule has 3 aromatic carbocycles. The molecule has 2 amide bonds. The average molecular weight is 656 g/mol. The first kappa shape index (κ1) is 32.0. The van der Waals surface area contributed by atoms with Crippen LogP contribution in [-0.4, -0.2) is 63.9 Å². The molecule has 242 valence electrons. The lowest BCUT2D eigenvalue weighted by molar-refractivity contribution is 0.112. The minimum absolute atomic E-state index is 0.0398. The van der Waals surface area contributed by atoms with Gasteiger partial charge >= 0.3 is 6.03 Å². The molecule has 1 saturated heterocycles.